The highest BCUT2D eigenvalue weighted by atomic mass is 32.2. The van der Waals surface area contributed by atoms with Crippen molar-refractivity contribution in [1.29, 1.82) is 0 Å². The topological polar surface area (TPSA) is 66.5 Å². The summed E-state index contributed by atoms with van der Waals surface area (Å²) in [5.41, 5.74) is 1.22. The molecule has 1 fully saturated rings. The molecule has 3 rings (SSSR count). The zero-order chi connectivity index (χ0) is 21.0. The monoisotopic (exact) mass is 432 g/mol. The van der Waals surface area contributed by atoms with Crippen LogP contribution in [0.25, 0.3) is 0 Å². The first kappa shape index (κ1) is 21.9. The molecule has 0 spiro atoms. The lowest BCUT2D eigenvalue weighted by molar-refractivity contribution is 0.102. The Kier molecular flexibility index (Phi) is 7.03. The molecular formula is C22H28N2O3S2. The number of carbonyl (C=O) groups excluding carboxylic acids is 1. The molecule has 2 aromatic carbocycles. The van der Waals surface area contributed by atoms with Crippen molar-refractivity contribution >= 4 is 33.4 Å². The molecule has 0 radical (unpaired) electrons. The van der Waals surface area contributed by atoms with Gasteiger partial charge in [0.05, 0.1) is 10.6 Å². The van der Waals surface area contributed by atoms with E-state index >= 15 is 0 Å². The van der Waals surface area contributed by atoms with E-state index in [1.54, 1.807) is 19.2 Å². The van der Waals surface area contributed by atoms with Gasteiger partial charge >= 0.3 is 0 Å². The number of anilines is 1. The third-order valence-electron chi connectivity index (χ3n) is 5.25. The van der Waals surface area contributed by atoms with Crippen LogP contribution in [0.4, 0.5) is 5.69 Å². The van der Waals surface area contributed by atoms with E-state index in [0.29, 0.717) is 10.8 Å². The van der Waals surface area contributed by atoms with Crippen LogP contribution < -0.4 is 5.32 Å². The predicted molar refractivity (Wildman–Crippen MR) is 119 cm³/mol. The minimum Gasteiger partial charge on any atom is -0.321 e. The van der Waals surface area contributed by atoms with Gasteiger partial charge in [-0.2, -0.15) is 4.31 Å². The van der Waals surface area contributed by atoms with E-state index in [2.05, 4.69) is 5.32 Å². The molecule has 1 aliphatic rings. The number of sulfonamides is 1. The maximum atomic E-state index is 12.7. The Labute approximate surface area is 177 Å². The Morgan fingerprint density at radius 3 is 2.31 bits per heavy atom. The number of hydrogen-bond acceptors (Lipinski definition) is 4. The van der Waals surface area contributed by atoms with E-state index in [9.17, 15) is 13.2 Å². The molecule has 0 heterocycles. The van der Waals surface area contributed by atoms with E-state index in [-0.39, 0.29) is 16.8 Å². The lowest BCUT2D eigenvalue weighted by Crippen LogP contribution is -2.33. The van der Waals surface area contributed by atoms with Crippen LogP contribution in [-0.4, -0.2) is 37.0 Å². The second kappa shape index (κ2) is 9.32. The average molecular weight is 433 g/mol. The number of amides is 1. The summed E-state index contributed by atoms with van der Waals surface area (Å²) >= 11 is 1.83. The highest BCUT2D eigenvalue weighted by Crippen LogP contribution is 2.38. The molecule has 0 atom stereocenters. The Morgan fingerprint density at radius 2 is 1.69 bits per heavy atom. The van der Waals surface area contributed by atoms with E-state index < -0.39 is 10.0 Å². The zero-order valence-corrected chi connectivity index (χ0v) is 18.7. The van der Waals surface area contributed by atoms with Gasteiger partial charge in [-0.1, -0.05) is 25.0 Å². The van der Waals surface area contributed by atoms with Crippen molar-refractivity contribution in [2.24, 2.45) is 0 Å². The number of nitrogens with zero attached hydrogens (tertiary/aromatic N) is 1. The first-order chi connectivity index (χ1) is 13.8. The fourth-order valence-corrected chi connectivity index (χ4v) is 5.97. The Bertz CT molecular complexity index is 950. The van der Waals surface area contributed by atoms with Crippen molar-refractivity contribution in [3.05, 3.63) is 54.1 Å². The maximum Gasteiger partial charge on any atom is 0.255 e. The van der Waals surface area contributed by atoms with Gasteiger partial charge in [-0.3, -0.25) is 4.79 Å². The van der Waals surface area contributed by atoms with Gasteiger partial charge in [-0.25, -0.2) is 8.42 Å². The van der Waals surface area contributed by atoms with Crippen molar-refractivity contribution in [2.45, 2.75) is 60.6 Å². The van der Waals surface area contributed by atoms with E-state index in [1.807, 2.05) is 49.9 Å². The molecule has 0 saturated heterocycles. The number of benzene rings is 2. The van der Waals surface area contributed by atoms with Crippen molar-refractivity contribution < 1.29 is 13.2 Å². The summed E-state index contributed by atoms with van der Waals surface area (Å²) in [6.07, 6.45) is 4.97. The summed E-state index contributed by atoms with van der Waals surface area (Å²) in [4.78, 5) is 14.0. The molecule has 7 heteroatoms. The van der Waals surface area contributed by atoms with Crippen LogP contribution in [0.1, 0.15) is 49.9 Å². The minimum absolute atomic E-state index is 0.142. The zero-order valence-electron chi connectivity index (χ0n) is 17.1. The first-order valence-corrected chi connectivity index (χ1v) is 12.3. The van der Waals surface area contributed by atoms with E-state index in [4.69, 9.17) is 0 Å². The summed E-state index contributed by atoms with van der Waals surface area (Å²) in [6, 6.07) is 13.8. The largest absolute Gasteiger partial charge is 0.321 e. The predicted octanol–water partition coefficient (Wildman–Crippen LogP) is 5.00. The molecule has 5 nitrogen and oxygen atoms in total. The van der Waals surface area contributed by atoms with Crippen LogP contribution in [0.2, 0.25) is 0 Å². The number of carbonyl (C=O) groups is 1. The fourth-order valence-electron chi connectivity index (χ4n) is 3.28. The number of hydrogen-bond donors (Lipinski definition) is 1. The van der Waals surface area contributed by atoms with Gasteiger partial charge in [0.2, 0.25) is 10.0 Å². The molecule has 0 aromatic heterocycles. The van der Waals surface area contributed by atoms with Gasteiger partial charge in [0.1, 0.15) is 0 Å². The number of thioether (sulfide) groups is 1. The minimum atomic E-state index is -3.56. The molecule has 0 bridgehead atoms. The van der Waals surface area contributed by atoms with Gasteiger partial charge < -0.3 is 5.32 Å². The smallest absolute Gasteiger partial charge is 0.255 e. The highest BCUT2D eigenvalue weighted by Gasteiger charge is 2.23. The Hall–Kier alpha value is -1.83. The summed E-state index contributed by atoms with van der Waals surface area (Å²) in [5, 5.41) is 3.59. The summed E-state index contributed by atoms with van der Waals surface area (Å²) in [7, 11) is -2.01. The van der Waals surface area contributed by atoms with Gasteiger partial charge in [-0.15, -0.1) is 11.8 Å². The van der Waals surface area contributed by atoms with Crippen molar-refractivity contribution in [1.82, 2.24) is 4.31 Å². The molecule has 0 unspecified atom stereocenters. The van der Waals surface area contributed by atoms with Crippen LogP contribution in [0.5, 0.6) is 0 Å². The molecule has 29 heavy (non-hydrogen) atoms. The third kappa shape index (κ3) is 5.21. The standard InChI is InChI=1S/C22H28N2O3S2/c1-16(2)24(3)29(26,27)19-14-12-17(13-15-19)22(25)23-20-10-6-7-11-21(20)28-18-8-4-5-9-18/h6-7,10-16,18H,4-5,8-9H2,1-3H3,(H,23,25). The van der Waals surface area contributed by atoms with Gasteiger partial charge in [0.15, 0.2) is 0 Å². The van der Waals surface area contributed by atoms with Gasteiger partial charge in [-0.05, 0) is 63.1 Å². The summed E-state index contributed by atoms with van der Waals surface area (Å²) in [6.45, 7) is 3.64. The normalized spacial score (nSPS) is 15.2. The van der Waals surface area contributed by atoms with Crippen LogP contribution in [0.15, 0.2) is 58.3 Å². The second-order valence-electron chi connectivity index (χ2n) is 7.61. The Morgan fingerprint density at radius 1 is 1.07 bits per heavy atom. The molecule has 1 saturated carbocycles. The third-order valence-corrected chi connectivity index (χ3v) is 8.71. The van der Waals surface area contributed by atoms with E-state index in [1.165, 1.54) is 42.1 Å². The second-order valence-corrected chi connectivity index (χ2v) is 11.0. The highest BCUT2D eigenvalue weighted by molar-refractivity contribution is 8.00. The average Bonchev–Trinajstić information content (AvgIpc) is 3.22. The number of rotatable bonds is 7. The molecule has 156 valence electrons. The van der Waals surface area contributed by atoms with Crippen molar-refractivity contribution in [2.75, 3.05) is 12.4 Å². The first-order valence-electron chi connectivity index (χ1n) is 9.94. The summed E-state index contributed by atoms with van der Waals surface area (Å²) in [5.74, 6) is -0.245. The molecule has 1 amide bonds. The SMILES string of the molecule is CC(C)N(C)S(=O)(=O)c1ccc(C(=O)Nc2ccccc2SC2CCCC2)cc1. The maximum absolute atomic E-state index is 12.7. The van der Waals surface area contributed by atoms with Crippen LogP contribution in [0, 0.1) is 0 Å². The molecule has 1 N–H and O–H groups in total. The lowest BCUT2D eigenvalue weighted by atomic mass is 10.2. The van der Waals surface area contributed by atoms with Crippen LogP contribution in [0.3, 0.4) is 0 Å². The molecule has 1 aliphatic carbocycles. The quantitative estimate of drug-likeness (QED) is 0.668. The van der Waals surface area contributed by atoms with E-state index in [0.717, 1.165) is 10.6 Å². The van der Waals surface area contributed by atoms with Gasteiger partial charge in [0.25, 0.3) is 5.91 Å². The molecule has 0 aliphatic heterocycles. The molecule has 2 aromatic rings. The van der Waals surface area contributed by atoms with Crippen molar-refractivity contribution in [3.8, 4) is 0 Å². The molecular weight excluding hydrogens is 404 g/mol. The van der Waals surface area contributed by atoms with Crippen LogP contribution >= 0.6 is 11.8 Å². The number of para-hydroxylation sites is 1. The Balaban J connectivity index is 1.73. The number of nitrogens with one attached hydrogen (secondary N) is 1. The van der Waals surface area contributed by atoms with Crippen molar-refractivity contribution in [3.63, 3.8) is 0 Å². The fraction of sp³-hybridized carbons (Fsp3) is 0.409. The summed E-state index contributed by atoms with van der Waals surface area (Å²) < 4.78 is 26.5. The van der Waals surface area contributed by atoms with Gasteiger partial charge in [0, 0.05) is 28.8 Å². The van der Waals surface area contributed by atoms with Crippen LogP contribution in [-0.2, 0) is 10.0 Å². The lowest BCUT2D eigenvalue weighted by Gasteiger charge is -2.21.